The van der Waals surface area contributed by atoms with E-state index in [1.54, 1.807) is 6.07 Å². The Morgan fingerprint density at radius 2 is 1.36 bits per heavy atom. The van der Waals surface area contributed by atoms with Crippen LogP contribution in [0.25, 0.3) is 0 Å². The second kappa shape index (κ2) is 8.32. The molecule has 2 heterocycles. The lowest BCUT2D eigenvalue weighted by Crippen LogP contribution is -2.69. The summed E-state index contributed by atoms with van der Waals surface area (Å²) in [6, 6.07) is 36.7. The molecule has 1 saturated heterocycles. The van der Waals surface area contributed by atoms with E-state index in [2.05, 4.69) is 108 Å². The fraction of sp³-hybridized carbons (Fsp3) is 0.257. The molecule has 2 bridgehead atoms. The maximum Gasteiger partial charge on any atom is 0.165 e. The van der Waals surface area contributed by atoms with Crippen molar-refractivity contribution in [1.29, 1.82) is 0 Å². The van der Waals surface area contributed by atoms with Crippen LogP contribution in [-0.4, -0.2) is 39.9 Å². The number of ether oxygens (including phenoxy) is 1. The van der Waals surface area contributed by atoms with Crippen LogP contribution in [0.4, 0.5) is 0 Å². The Labute approximate surface area is 228 Å². The zero-order valence-corrected chi connectivity index (χ0v) is 21.7. The highest BCUT2D eigenvalue weighted by atomic mass is 16.5. The van der Waals surface area contributed by atoms with E-state index in [0.29, 0.717) is 5.75 Å². The largest absolute Gasteiger partial charge is 0.504 e. The molecule has 4 nitrogen and oxygen atoms in total. The van der Waals surface area contributed by atoms with Gasteiger partial charge < -0.3 is 14.9 Å². The molecule has 4 heteroatoms. The van der Waals surface area contributed by atoms with Crippen LogP contribution < -0.4 is 4.74 Å². The molecule has 0 saturated carbocycles. The van der Waals surface area contributed by atoms with Crippen LogP contribution in [0.2, 0.25) is 0 Å². The quantitative estimate of drug-likeness (QED) is 0.277. The van der Waals surface area contributed by atoms with Crippen LogP contribution in [0.5, 0.6) is 11.5 Å². The number of likely N-dealkylation sites (tertiary alicyclic amines) is 1. The van der Waals surface area contributed by atoms with Gasteiger partial charge in [0.05, 0.1) is 5.54 Å². The Balaban J connectivity index is 1.41. The number of piperidine rings is 1. The Kier molecular flexibility index (Phi) is 4.92. The summed E-state index contributed by atoms with van der Waals surface area (Å²) in [4.78, 5) is 2.73. The summed E-state index contributed by atoms with van der Waals surface area (Å²) in [5.74, 6) is 0.903. The fourth-order valence-corrected chi connectivity index (χ4v) is 8.51. The third-order valence-electron chi connectivity index (χ3n) is 9.88. The minimum absolute atomic E-state index is 0.144. The maximum atomic E-state index is 11.1. The predicted octanol–water partition coefficient (Wildman–Crippen LogP) is 5.56. The van der Waals surface area contributed by atoms with Crippen molar-refractivity contribution in [3.8, 4) is 11.5 Å². The molecule has 2 aliphatic heterocycles. The number of hydrogen-bond acceptors (Lipinski definition) is 4. The molecule has 0 amide bonds. The summed E-state index contributed by atoms with van der Waals surface area (Å²) >= 11 is 0. The Morgan fingerprint density at radius 1 is 0.769 bits per heavy atom. The van der Waals surface area contributed by atoms with Gasteiger partial charge in [-0.25, -0.2) is 0 Å². The molecule has 2 N–H and O–H groups in total. The Morgan fingerprint density at radius 3 is 1.95 bits per heavy atom. The fourth-order valence-electron chi connectivity index (χ4n) is 8.51. The minimum atomic E-state index is -0.701. The van der Waals surface area contributed by atoms with Crippen LogP contribution in [0.3, 0.4) is 0 Å². The molecule has 4 aromatic carbocycles. The first-order valence-electron chi connectivity index (χ1n) is 14.0. The molecule has 1 spiro atoms. The van der Waals surface area contributed by atoms with Gasteiger partial charge in [0.15, 0.2) is 11.5 Å². The van der Waals surface area contributed by atoms with E-state index >= 15 is 0 Å². The van der Waals surface area contributed by atoms with Gasteiger partial charge >= 0.3 is 0 Å². The first kappa shape index (κ1) is 23.1. The summed E-state index contributed by atoms with van der Waals surface area (Å²) < 4.78 is 6.43. The topological polar surface area (TPSA) is 52.9 Å². The lowest BCUT2D eigenvalue weighted by molar-refractivity contribution is -0.0716. The van der Waals surface area contributed by atoms with Crippen molar-refractivity contribution in [3.05, 3.63) is 143 Å². The van der Waals surface area contributed by atoms with Gasteiger partial charge in [0.25, 0.3) is 0 Å². The standard InChI is InChI=1S/C35H31NO3/c37-29-18-16-23-22-28-27-17-19-30(38)33-34(27,31(23)32(29)39-33)20-21-36(28)35(24-10-4-1-5-11-24,25-12-6-2-7-13-25)26-14-8-3-9-15-26/h1-19,27-28,30,33,37-38H,20-22H2/t27-,28+,30-,33-,34-/m0/s1. The van der Waals surface area contributed by atoms with E-state index in [-0.39, 0.29) is 29.2 Å². The van der Waals surface area contributed by atoms with E-state index in [1.165, 1.54) is 22.3 Å². The average Bonchev–Trinajstić information content (AvgIpc) is 3.34. The molecule has 4 aromatic rings. The van der Waals surface area contributed by atoms with Gasteiger partial charge in [0.2, 0.25) is 0 Å². The minimum Gasteiger partial charge on any atom is -0.504 e. The number of aliphatic hydroxyl groups excluding tert-OH is 1. The molecule has 2 aliphatic carbocycles. The SMILES string of the molecule is Oc1ccc2c3c1O[C@H]1[C@@H](O)C=C[C@H]4[C@@H](C2)N(C(c2ccccc2)(c2ccccc2)c2ccccc2)CC[C@@]341. The second-order valence-corrected chi connectivity index (χ2v) is 11.5. The van der Waals surface area contributed by atoms with Crippen molar-refractivity contribution in [1.82, 2.24) is 4.90 Å². The number of phenols is 1. The number of rotatable bonds is 4. The van der Waals surface area contributed by atoms with Crippen molar-refractivity contribution in [2.24, 2.45) is 5.92 Å². The molecule has 4 aliphatic rings. The van der Waals surface area contributed by atoms with E-state index in [0.717, 1.165) is 24.9 Å². The average molecular weight is 514 g/mol. The molecule has 0 aromatic heterocycles. The Hall–Kier alpha value is -3.86. The number of aliphatic hydroxyl groups is 1. The highest BCUT2D eigenvalue weighted by Gasteiger charge is 2.66. The summed E-state index contributed by atoms with van der Waals surface area (Å²) in [5, 5.41) is 21.9. The van der Waals surface area contributed by atoms with Crippen molar-refractivity contribution in [3.63, 3.8) is 0 Å². The predicted molar refractivity (Wildman–Crippen MR) is 151 cm³/mol. The van der Waals surface area contributed by atoms with Gasteiger partial charge in [0, 0.05) is 29.5 Å². The van der Waals surface area contributed by atoms with Crippen molar-refractivity contribution in [2.75, 3.05) is 6.54 Å². The van der Waals surface area contributed by atoms with E-state index in [9.17, 15) is 10.2 Å². The molecule has 8 rings (SSSR count). The van der Waals surface area contributed by atoms with Gasteiger partial charge in [0.1, 0.15) is 12.2 Å². The molecule has 1 fully saturated rings. The zero-order valence-electron chi connectivity index (χ0n) is 21.7. The van der Waals surface area contributed by atoms with Gasteiger partial charge in [-0.2, -0.15) is 0 Å². The Bertz CT molecular complexity index is 1470. The summed E-state index contributed by atoms with van der Waals surface area (Å²) in [5.41, 5.74) is 5.22. The van der Waals surface area contributed by atoms with Crippen LogP contribution in [0, 0.1) is 5.92 Å². The summed E-state index contributed by atoms with van der Waals surface area (Å²) in [6.07, 6.45) is 4.76. The molecular formula is C35H31NO3. The van der Waals surface area contributed by atoms with Gasteiger partial charge in [-0.1, -0.05) is 109 Å². The third-order valence-corrected chi connectivity index (χ3v) is 9.88. The first-order valence-corrected chi connectivity index (χ1v) is 14.0. The summed E-state index contributed by atoms with van der Waals surface area (Å²) in [7, 11) is 0. The summed E-state index contributed by atoms with van der Waals surface area (Å²) in [6.45, 7) is 0.828. The van der Waals surface area contributed by atoms with E-state index in [1.807, 2.05) is 6.08 Å². The molecule has 5 atom stereocenters. The number of hydrogen-bond donors (Lipinski definition) is 2. The normalized spacial score (nSPS) is 28.5. The van der Waals surface area contributed by atoms with Crippen molar-refractivity contribution in [2.45, 2.75) is 42.0 Å². The lowest BCUT2D eigenvalue weighted by atomic mass is 9.52. The van der Waals surface area contributed by atoms with Crippen molar-refractivity contribution < 1.29 is 14.9 Å². The third kappa shape index (κ3) is 2.91. The molecule has 39 heavy (non-hydrogen) atoms. The first-order chi connectivity index (χ1) is 19.2. The lowest BCUT2D eigenvalue weighted by Gasteiger charge is -2.61. The monoisotopic (exact) mass is 513 g/mol. The van der Waals surface area contributed by atoms with Crippen molar-refractivity contribution >= 4 is 0 Å². The highest BCUT2D eigenvalue weighted by Crippen LogP contribution is 2.64. The molecule has 194 valence electrons. The van der Waals surface area contributed by atoms with Crippen LogP contribution in [0.1, 0.15) is 34.2 Å². The van der Waals surface area contributed by atoms with E-state index in [4.69, 9.17) is 4.74 Å². The van der Waals surface area contributed by atoms with Crippen LogP contribution in [-0.2, 0) is 17.4 Å². The van der Waals surface area contributed by atoms with Gasteiger partial charge in [-0.15, -0.1) is 0 Å². The smallest absolute Gasteiger partial charge is 0.165 e. The van der Waals surface area contributed by atoms with Gasteiger partial charge in [-0.3, -0.25) is 4.90 Å². The van der Waals surface area contributed by atoms with Gasteiger partial charge in [-0.05, 0) is 41.2 Å². The number of phenolic OH excluding ortho intramolecular Hbond substituents is 1. The van der Waals surface area contributed by atoms with Crippen LogP contribution in [0.15, 0.2) is 115 Å². The molecule has 0 radical (unpaired) electrons. The zero-order chi connectivity index (χ0) is 26.2. The second-order valence-electron chi connectivity index (χ2n) is 11.5. The number of benzene rings is 4. The maximum absolute atomic E-state index is 11.1. The molecular weight excluding hydrogens is 482 g/mol. The molecule has 0 unspecified atom stereocenters. The van der Waals surface area contributed by atoms with E-state index < -0.39 is 11.6 Å². The number of aromatic hydroxyl groups is 1. The van der Waals surface area contributed by atoms with Crippen LogP contribution >= 0.6 is 0 Å². The highest BCUT2D eigenvalue weighted by molar-refractivity contribution is 5.62. The number of nitrogens with zero attached hydrogens (tertiary/aromatic N) is 1.